The maximum atomic E-state index is 11.8. The molecule has 1 aromatic rings. The number of rotatable bonds is 4. The van der Waals surface area contributed by atoms with Crippen LogP contribution in [0.25, 0.3) is 0 Å². The predicted molar refractivity (Wildman–Crippen MR) is 71.0 cm³/mol. The summed E-state index contributed by atoms with van der Waals surface area (Å²) >= 11 is 0. The molecule has 0 radical (unpaired) electrons. The molecule has 1 atom stereocenters. The molecule has 5 nitrogen and oxygen atoms in total. The van der Waals surface area contributed by atoms with Crippen molar-refractivity contribution >= 4 is 5.97 Å². The molecule has 0 bridgehead atoms. The SMILES string of the molecule is COC(=O)C(c1ncc(C2CCOCC2)[nH]1)C(C)C. The lowest BCUT2D eigenvalue weighted by atomic mass is 9.95. The van der Waals surface area contributed by atoms with Crippen LogP contribution in [0, 0.1) is 5.92 Å². The third kappa shape index (κ3) is 3.15. The summed E-state index contributed by atoms with van der Waals surface area (Å²) in [5, 5.41) is 0. The Morgan fingerprint density at radius 2 is 2.16 bits per heavy atom. The first-order valence-corrected chi connectivity index (χ1v) is 6.83. The van der Waals surface area contributed by atoms with E-state index in [9.17, 15) is 4.79 Å². The second-order valence-corrected chi connectivity index (χ2v) is 5.36. The Kier molecular flexibility index (Phi) is 4.58. The second kappa shape index (κ2) is 6.19. The van der Waals surface area contributed by atoms with Gasteiger partial charge in [-0.3, -0.25) is 4.79 Å². The average Bonchev–Trinajstić information content (AvgIpc) is 2.88. The number of hydrogen-bond acceptors (Lipinski definition) is 4. The molecule has 1 saturated heterocycles. The van der Waals surface area contributed by atoms with Crippen LogP contribution in [-0.4, -0.2) is 36.3 Å². The number of carbonyl (C=O) groups is 1. The Labute approximate surface area is 113 Å². The summed E-state index contributed by atoms with van der Waals surface area (Å²) < 4.78 is 10.2. The maximum Gasteiger partial charge on any atom is 0.316 e. The van der Waals surface area contributed by atoms with Gasteiger partial charge in [-0.05, 0) is 18.8 Å². The minimum atomic E-state index is -0.321. The lowest BCUT2D eigenvalue weighted by molar-refractivity contribution is -0.143. The number of nitrogens with zero attached hydrogens (tertiary/aromatic N) is 1. The molecule has 1 unspecified atom stereocenters. The molecule has 0 spiro atoms. The third-order valence-corrected chi connectivity index (χ3v) is 3.69. The highest BCUT2D eigenvalue weighted by Crippen LogP contribution is 2.29. The number of H-pyrrole nitrogens is 1. The molecule has 2 rings (SSSR count). The maximum absolute atomic E-state index is 11.8. The zero-order valence-electron chi connectivity index (χ0n) is 11.8. The van der Waals surface area contributed by atoms with Crippen LogP contribution in [0.1, 0.15) is 50.0 Å². The largest absolute Gasteiger partial charge is 0.468 e. The average molecular weight is 266 g/mol. The van der Waals surface area contributed by atoms with Crippen molar-refractivity contribution in [2.75, 3.05) is 20.3 Å². The van der Waals surface area contributed by atoms with Crippen molar-refractivity contribution in [2.24, 2.45) is 5.92 Å². The van der Waals surface area contributed by atoms with Crippen LogP contribution in [0.15, 0.2) is 6.20 Å². The molecular weight excluding hydrogens is 244 g/mol. The predicted octanol–water partition coefficient (Wildman–Crippen LogP) is 2.22. The molecule has 106 valence electrons. The molecule has 1 fully saturated rings. The number of imidazole rings is 1. The summed E-state index contributed by atoms with van der Waals surface area (Å²) in [6, 6.07) is 0. The van der Waals surface area contributed by atoms with Gasteiger partial charge in [0, 0.05) is 31.0 Å². The molecule has 5 heteroatoms. The Morgan fingerprint density at radius 1 is 1.47 bits per heavy atom. The van der Waals surface area contributed by atoms with Crippen LogP contribution in [0.3, 0.4) is 0 Å². The van der Waals surface area contributed by atoms with Crippen molar-refractivity contribution in [2.45, 2.75) is 38.5 Å². The molecule has 0 aromatic carbocycles. The quantitative estimate of drug-likeness (QED) is 0.849. The Balaban J connectivity index is 2.15. The van der Waals surface area contributed by atoms with Crippen molar-refractivity contribution in [3.8, 4) is 0 Å². The van der Waals surface area contributed by atoms with Crippen LogP contribution >= 0.6 is 0 Å². The first-order valence-electron chi connectivity index (χ1n) is 6.83. The van der Waals surface area contributed by atoms with Gasteiger partial charge in [-0.25, -0.2) is 4.98 Å². The monoisotopic (exact) mass is 266 g/mol. The fourth-order valence-electron chi connectivity index (χ4n) is 2.55. The van der Waals surface area contributed by atoms with E-state index in [1.165, 1.54) is 7.11 Å². The van der Waals surface area contributed by atoms with E-state index in [1.807, 2.05) is 20.0 Å². The van der Waals surface area contributed by atoms with Crippen molar-refractivity contribution in [3.63, 3.8) is 0 Å². The van der Waals surface area contributed by atoms with Gasteiger partial charge in [0.05, 0.1) is 7.11 Å². The molecule has 0 saturated carbocycles. The number of aromatic nitrogens is 2. The summed E-state index contributed by atoms with van der Waals surface area (Å²) in [5.41, 5.74) is 1.10. The highest BCUT2D eigenvalue weighted by molar-refractivity contribution is 5.77. The highest BCUT2D eigenvalue weighted by Gasteiger charge is 2.29. The number of methoxy groups -OCH3 is 1. The Morgan fingerprint density at radius 3 is 2.74 bits per heavy atom. The van der Waals surface area contributed by atoms with E-state index in [2.05, 4.69) is 9.97 Å². The Bertz CT molecular complexity index is 422. The van der Waals surface area contributed by atoms with Crippen LogP contribution in [0.4, 0.5) is 0 Å². The van der Waals surface area contributed by atoms with Crippen LogP contribution in [0.2, 0.25) is 0 Å². The molecule has 1 aromatic heterocycles. The lowest BCUT2D eigenvalue weighted by Gasteiger charge is -2.21. The first kappa shape index (κ1) is 14.1. The molecule has 1 aliphatic rings. The smallest absolute Gasteiger partial charge is 0.316 e. The molecule has 2 heterocycles. The minimum Gasteiger partial charge on any atom is -0.468 e. The van der Waals surface area contributed by atoms with Gasteiger partial charge in [-0.1, -0.05) is 13.8 Å². The number of ether oxygens (including phenoxy) is 2. The van der Waals surface area contributed by atoms with Crippen molar-refractivity contribution in [1.29, 1.82) is 0 Å². The molecule has 0 aliphatic carbocycles. The molecule has 1 aliphatic heterocycles. The zero-order chi connectivity index (χ0) is 13.8. The first-order chi connectivity index (χ1) is 9.13. The normalized spacial score (nSPS) is 18.5. The fourth-order valence-corrected chi connectivity index (χ4v) is 2.55. The highest BCUT2D eigenvalue weighted by atomic mass is 16.5. The van der Waals surface area contributed by atoms with Gasteiger partial charge in [0.1, 0.15) is 11.7 Å². The van der Waals surface area contributed by atoms with Crippen LogP contribution in [0.5, 0.6) is 0 Å². The standard InChI is InChI=1S/C14H22N2O3/c1-9(2)12(14(17)18-3)13-15-8-11(16-13)10-4-6-19-7-5-10/h8-10,12H,4-7H2,1-3H3,(H,15,16). The fraction of sp³-hybridized carbons (Fsp3) is 0.714. The van der Waals surface area contributed by atoms with E-state index in [0.717, 1.165) is 31.7 Å². The third-order valence-electron chi connectivity index (χ3n) is 3.69. The van der Waals surface area contributed by atoms with Crippen LogP contribution < -0.4 is 0 Å². The van der Waals surface area contributed by atoms with E-state index in [-0.39, 0.29) is 17.8 Å². The van der Waals surface area contributed by atoms with E-state index < -0.39 is 0 Å². The molecule has 1 N–H and O–H groups in total. The summed E-state index contributed by atoms with van der Waals surface area (Å²) in [5.74, 6) is 0.770. The number of esters is 1. The lowest BCUT2D eigenvalue weighted by Crippen LogP contribution is -2.21. The second-order valence-electron chi connectivity index (χ2n) is 5.36. The number of carbonyl (C=O) groups excluding carboxylic acids is 1. The van der Waals surface area contributed by atoms with Crippen LogP contribution in [-0.2, 0) is 14.3 Å². The minimum absolute atomic E-state index is 0.154. The zero-order valence-corrected chi connectivity index (χ0v) is 11.8. The van der Waals surface area contributed by atoms with E-state index in [1.54, 1.807) is 0 Å². The number of nitrogens with one attached hydrogen (secondary N) is 1. The van der Waals surface area contributed by atoms with Gasteiger partial charge in [-0.15, -0.1) is 0 Å². The summed E-state index contributed by atoms with van der Waals surface area (Å²) in [6.07, 6.45) is 3.86. The van der Waals surface area contributed by atoms with Crippen molar-refractivity contribution in [1.82, 2.24) is 9.97 Å². The molecule has 0 amide bonds. The topological polar surface area (TPSA) is 64.2 Å². The van der Waals surface area contributed by atoms with E-state index in [4.69, 9.17) is 9.47 Å². The van der Waals surface area contributed by atoms with E-state index >= 15 is 0 Å². The Hall–Kier alpha value is -1.36. The number of hydrogen-bond donors (Lipinski definition) is 1. The molecular formula is C14H22N2O3. The summed E-state index contributed by atoms with van der Waals surface area (Å²) in [4.78, 5) is 19.5. The summed E-state index contributed by atoms with van der Waals surface area (Å²) in [7, 11) is 1.42. The van der Waals surface area contributed by atoms with Crippen molar-refractivity contribution in [3.05, 3.63) is 17.7 Å². The van der Waals surface area contributed by atoms with Gasteiger partial charge >= 0.3 is 5.97 Å². The van der Waals surface area contributed by atoms with Gasteiger partial charge < -0.3 is 14.5 Å². The van der Waals surface area contributed by atoms with Gasteiger partial charge in [-0.2, -0.15) is 0 Å². The number of aromatic amines is 1. The summed E-state index contributed by atoms with van der Waals surface area (Å²) in [6.45, 7) is 5.59. The van der Waals surface area contributed by atoms with Gasteiger partial charge in [0.25, 0.3) is 0 Å². The van der Waals surface area contributed by atoms with E-state index in [0.29, 0.717) is 11.7 Å². The molecule has 19 heavy (non-hydrogen) atoms. The van der Waals surface area contributed by atoms with Crippen molar-refractivity contribution < 1.29 is 14.3 Å². The van der Waals surface area contributed by atoms with Gasteiger partial charge in [0.2, 0.25) is 0 Å². The van der Waals surface area contributed by atoms with Gasteiger partial charge in [0.15, 0.2) is 0 Å².